The predicted molar refractivity (Wildman–Crippen MR) is 59.1 cm³/mol. The molecular weight excluding hydrogens is 324 g/mol. The molecule has 0 atom stereocenters. The van der Waals surface area contributed by atoms with Crippen LogP contribution in [0.25, 0.3) is 0 Å². The highest BCUT2D eigenvalue weighted by Gasteiger charge is 2.41. The van der Waals surface area contributed by atoms with Crippen LogP contribution < -0.4 is 10.3 Å². The number of H-pyrrole nitrogens is 1. The molecule has 0 aliphatic rings. The van der Waals surface area contributed by atoms with Crippen LogP contribution in [-0.4, -0.2) is 23.9 Å². The molecule has 0 radical (unpaired) electrons. The Hall–Kier alpha value is -2.20. The monoisotopic (exact) mass is 333 g/mol. The molecule has 0 amide bonds. The van der Waals surface area contributed by atoms with Crippen molar-refractivity contribution in [1.29, 1.82) is 0 Å². The largest absolute Gasteiger partial charge is 0.573 e. The number of carbonyl (C=O) groups is 1. The molecule has 0 fully saturated rings. The van der Waals surface area contributed by atoms with E-state index in [1.807, 2.05) is 0 Å². The Bertz CT molecular complexity index is 604. The van der Waals surface area contributed by atoms with E-state index in [2.05, 4.69) is 9.47 Å². The van der Waals surface area contributed by atoms with Crippen molar-refractivity contribution in [2.45, 2.75) is 25.9 Å². The van der Waals surface area contributed by atoms with Gasteiger partial charge in [-0.25, -0.2) is 0 Å². The van der Waals surface area contributed by atoms with Crippen LogP contribution in [0.2, 0.25) is 0 Å². The number of carbonyl (C=O) groups excluding carboxylic acids is 1. The van der Waals surface area contributed by atoms with Gasteiger partial charge in [-0.2, -0.15) is 13.2 Å². The summed E-state index contributed by atoms with van der Waals surface area (Å²) in [6.45, 7) is 1.37. The first kappa shape index (κ1) is 17.9. The van der Waals surface area contributed by atoms with Gasteiger partial charge in [-0.05, 0) is 13.0 Å². The lowest BCUT2D eigenvalue weighted by molar-refractivity contribution is -0.276. The number of esters is 1. The lowest BCUT2D eigenvalue weighted by atomic mass is 10.1. The van der Waals surface area contributed by atoms with Crippen molar-refractivity contribution in [1.82, 2.24) is 4.98 Å². The molecule has 1 rings (SSSR count). The molecule has 0 aliphatic carbocycles. The number of nitrogens with one attached hydrogen (secondary N) is 1. The Morgan fingerprint density at radius 2 is 1.82 bits per heavy atom. The van der Waals surface area contributed by atoms with Gasteiger partial charge in [0.15, 0.2) is 11.4 Å². The molecule has 0 aromatic carbocycles. The molecule has 1 aromatic rings. The van der Waals surface area contributed by atoms with Crippen molar-refractivity contribution in [3.05, 3.63) is 27.7 Å². The molecule has 0 unspecified atom stereocenters. The van der Waals surface area contributed by atoms with E-state index in [0.717, 1.165) is 0 Å². The van der Waals surface area contributed by atoms with Crippen LogP contribution in [0.1, 0.15) is 18.2 Å². The van der Waals surface area contributed by atoms with Crippen LogP contribution in [0, 0.1) is 0 Å². The Kier molecular flexibility index (Phi) is 5.09. The number of alkyl halides is 6. The third-order valence-corrected chi connectivity index (χ3v) is 2.23. The van der Waals surface area contributed by atoms with Gasteiger partial charge in [0.1, 0.15) is 0 Å². The fourth-order valence-corrected chi connectivity index (χ4v) is 1.47. The van der Waals surface area contributed by atoms with Crippen molar-refractivity contribution in [2.75, 3.05) is 6.61 Å². The molecule has 1 N–H and O–H groups in total. The van der Waals surface area contributed by atoms with Crippen LogP contribution in [0.4, 0.5) is 26.3 Å². The highest BCUT2D eigenvalue weighted by atomic mass is 19.4. The molecule has 0 saturated heterocycles. The minimum atomic E-state index is -5.40. The lowest BCUT2D eigenvalue weighted by Crippen LogP contribution is -2.26. The van der Waals surface area contributed by atoms with Gasteiger partial charge < -0.3 is 14.5 Å². The number of hydrogen-bond donors (Lipinski definition) is 1. The maximum absolute atomic E-state index is 12.6. The summed E-state index contributed by atoms with van der Waals surface area (Å²) in [6.07, 6.45) is -11.5. The van der Waals surface area contributed by atoms with Gasteiger partial charge in [0, 0.05) is 5.56 Å². The maximum Gasteiger partial charge on any atom is 0.573 e. The van der Waals surface area contributed by atoms with E-state index < -0.39 is 47.5 Å². The summed E-state index contributed by atoms with van der Waals surface area (Å²) in [6, 6.07) is 0.214. The second-order valence-electron chi connectivity index (χ2n) is 3.89. The third-order valence-electron chi connectivity index (χ3n) is 2.23. The zero-order chi connectivity index (χ0) is 17.1. The van der Waals surface area contributed by atoms with Crippen molar-refractivity contribution in [3.8, 4) is 5.75 Å². The zero-order valence-corrected chi connectivity index (χ0v) is 10.9. The standard InChI is InChI=1S/C11H9F6NO4/c1-2-21-7(19)4-5-3-6(22-11(15,16)17)8(10(12,13)14)18-9(5)20/h3H,2,4H2,1H3,(H,18,20). The number of aromatic nitrogens is 1. The van der Waals surface area contributed by atoms with Crippen molar-refractivity contribution >= 4 is 5.97 Å². The lowest BCUT2D eigenvalue weighted by Gasteiger charge is -2.15. The summed E-state index contributed by atoms with van der Waals surface area (Å²) >= 11 is 0. The average molecular weight is 333 g/mol. The molecule has 1 aromatic heterocycles. The van der Waals surface area contributed by atoms with E-state index in [-0.39, 0.29) is 12.7 Å². The molecule has 0 saturated carbocycles. The molecule has 5 nitrogen and oxygen atoms in total. The first-order valence-electron chi connectivity index (χ1n) is 5.68. The maximum atomic E-state index is 12.6. The van der Waals surface area contributed by atoms with Gasteiger partial charge in [0.25, 0.3) is 5.56 Å². The van der Waals surface area contributed by atoms with Gasteiger partial charge in [-0.15, -0.1) is 13.2 Å². The molecule has 0 bridgehead atoms. The van der Waals surface area contributed by atoms with E-state index >= 15 is 0 Å². The molecule has 22 heavy (non-hydrogen) atoms. The Balaban J connectivity index is 3.31. The number of rotatable bonds is 4. The molecule has 124 valence electrons. The van der Waals surface area contributed by atoms with Crippen molar-refractivity contribution < 1.29 is 40.6 Å². The van der Waals surface area contributed by atoms with Gasteiger partial charge in [0.2, 0.25) is 0 Å². The smallest absolute Gasteiger partial charge is 0.466 e. The van der Waals surface area contributed by atoms with Crippen molar-refractivity contribution in [3.63, 3.8) is 0 Å². The molecule has 0 spiro atoms. The number of halogens is 6. The summed E-state index contributed by atoms with van der Waals surface area (Å²) in [4.78, 5) is 23.9. The van der Waals surface area contributed by atoms with Gasteiger partial charge in [0.05, 0.1) is 13.0 Å². The number of aromatic amines is 1. The van der Waals surface area contributed by atoms with Crippen LogP contribution in [0.5, 0.6) is 5.75 Å². The van der Waals surface area contributed by atoms with E-state index in [9.17, 15) is 35.9 Å². The predicted octanol–water partition coefficient (Wildman–Crippen LogP) is 2.40. The Morgan fingerprint density at radius 1 is 1.23 bits per heavy atom. The fraction of sp³-hybridized carbons (Fsp3) is 0.455. The van der Waals surface area contributed by atoms with Crippen LogP contribution in [-0.2, 0) is 22.1 Å². The van der Waals surface area contributed by atoms with Crippen molar-refractivity contribution in [2.24, 2.45) is 0 Å². The SMILES string of the molecule is CCOC(=O)Cc1cc(OC(F)(F)F)c(C(F)(F)F)[nH]c1=O. The van der Waals surface area contributed by atoms with Crippen LogP contribution in [0.15, 0.2) is 10.9 Å². The highest BCUT2D eigenvalue weighted by Crippen LogP contribution is 2.36. The van der Waals surface area contributed by atoms with Crippen LogP contribution in [0.3, 0.4) is 0 Å². The summed E-state index contributed by atoms with van der Waals surface area (Å²) < 4.78 is 82.0. The Labute approximate surface area is 118 Å². The average Bonchev–Trinajstić information content (AvgIpc) is 2.30. The minimum absolute atomic E-state index is 0.0662. The van der Waals surface area contributed by atoms with Crippen LogP contribution >= 0.6 is 0 Å². The van der Waals surface area contributed by atoms with E-state index in [1.165, 1.54) is 11.9 Å². The third kappa shape index (κ3) is 4.97. The first-order chi connectivity index (χ1) is 9.94. The first-order valence-corrected chi connectivity index (χ1v) is 5.68. The van der Waals surface area contributed by atoms with Gasteiger partial charge >= 0.3 is 18.5 Å². The summed E-state index contributed by atoms with van der Waals surface area (Å²) in [5.74, 6) is -2.63. The van der Waals surface area contributed by atoms with Gasteiger partial charge in [-0.1, -0.05) is 0 Å². The highest BCUT2D eigenvalue weighted by molar-refractivity contribution is 5.72. The quantitative estimate of drug-likeness (QED) is 0.679. The van der Waals surface area contributed by atoms with E-state index in [1.54, 1.807) is 0 Å². The molecule has 11 heteroatoms. The van der Waals surface area contributed by atoms with E-state index in [0.29, 0.717) is 0 Å². The second-order valence-corrected chi connectivity index (χ2v) is 3.89. The summed E-state index contributed by atoms with van der Waals surface area (Å²) in [7, 11) is 0. The summed E-state index contributed by atoms with van der Waals surface area (Å²) in [5.41, 5.74) is -4.01. The molecular formula is C11H9F6NO4. The summed E-state index contributed by atoms with van der Waals surface area (Å²) in [5, 5.41) is 0. The molecule has 1 heterocycles. The normalized spacial score (nSPS) is 12.1. The van der Waals surface area contributed by atoms with E-state index in [4.69, 9.17) is 0 Å². The fourth-order valence-electron chi connectivity index (χ4n) is 1.47. The number of pyridine rings is 1. The topological polar surface area (TPSA) is 68.4 Å². The number of ether oxygens (including phenoxy) is 2. The Morgan fingerprint density at radius 3 is 2.27 bits per heavy atom. The second kappa shape index (κ2) is 6.28. The zero-order valence-electron chi connectivity index (χ0n) is 10.9. The van der Waals surface area contributed by atoms with Gasteiger partial charge in [-0.3, -0.25) is 9.59 Å². The molecule has 0 aliphatic heterocycles. The number of hydrogen-bond acceptors (Lipinski definition) is 4. The minimum Gasteiger partial charge on any atom is -0.466 e.